The molecule has 1 aliphatic rings. The van der Waals surface area contributed by atoms with E-state index in [-0.39, 0.29) is 48.2 Å². The summed E-state index contributed by atoms with van der Waals surface area (Å²) in [6.07, 6.45) is 0.277. The van der Waals surface area contributed by atoms with E-state index < -0.39 is 24.0 Å². The largest absolute Gasteiger partial charge is 0.497 e. The van der Waals surface area contributed by atoms with Crippen molar-refractivity contribution in [1.82, 2.24) is 29.2 Å². The monoisotopic (exact) mass is 597 g/mol. The van der Waals surface area contributed by atoms with Crippen molar-refractivity contribution in [3.05, 3.63) is 77.1 Å². The summed E-state index contributed by atoms with van der Waals surface area (Å²) >= 11 is 0. The van der Waals surface area contributed by atoms with Crippen molar-refractivity contribution in [3.8, 4) is 16.9 Å². The molecule has 5 rings (SSSR count). The molecule has 4 aromatic rings. The van der Waals surface area contributed by atoms with Gasteiger partial charge in [0.05, 0.1) is 25.4 Å². The number of carboxylic acid groups (broad SMARTS) is 1. The van der Waals surface area contributed by atoms with Gasteiger partial charge < -0.3 is 19.3 Å². The fraction of sp³-hybridized carbons (Fsp3) is 0.345. The molecule has 226 valence electrons. The van der Waals surface area contributed by atoms with Crippen molar-refractivity contribution in [2.45, 2.75) is 45.6 Å². The number of imidazole rings is 1. The highest BCUT2D eigenvalue weighted by molar-refractivity contribution is 5.99. The smallest absolute Gasteiger partial charge is 0.435 e. The molecule has 4 heterocycles. The Hall–Kier alpha value is -4.88. The van der Waals surface area contributed by atoms with Crippen molar-refractivity contribution in [2.75, 3.05) is 25.6 Å². The maximum Gasteiger partial charge on any atom is 0.435 e. The van der Waals surface area contributed by atoms with Crippen LogP contribution in [0.25, 0.3) is 11.1 Å². The first-order valence-corrected chi connectivity index (χ1v) is 13.5. The molecule has 11 nitrogen and oxygen atoms in total. The number of pyridine rings is 1. The molecule has 0 spiro atoms. The number of halogens is 3. The van der Waals surface area contributed by atoms with Crippen LogP contribution in [0.15, 0.2) is 49.1 Å². The Labute approximate surface area is 245 Å². The zero-order chi connectivity index (χ0) is 31.1. The number of anilines is 1. The van der Waals surface area contributed by atoms with Gasteiger partial charge in [-0.2, -0.15) is 18.3 Å². The summed E-state index contributed by atoms with van der Waals surface area (Å²) in [5.74, 6) is 0.347. The van der Waals surface area contributed by atoms with Crippen LogP contribution in [0.1, 0.15) is 52.8 Å². The molecule has 1 atom stereocenters. The Morgan fingerprint density at radius 3 is 2.58 bits per heavy atom. The topological polar surface area (TPSA) is 119 Å². The summed E-state index contributed by atoms with van der Waals surface area (Å²) in [7, 11) is 2.87. The molecule has 1 aromatic carbocycles. The van der Waals surface area contributed by atoms with Crippen LogP contribution in [-0.4, -0.2) is 67.0 Å². The van der Waals surface area contributed by atoms with Gasteiger partial charge in [-0.25, -0.2) is 9.78 Å². The quantitative estimate of drug-likeness (QED) is 0.300. The van der Waals surface area contributed by atoms with Crippen LogP contribution in [0.3, 0.4) is 0 Å². The lowest BCUT2D eigenvalue weighted by atomic mass is 9.87. The first-order valence-electron chi connectivity index (χ1n) is 13.5. The Morgan fingerprint density at radius 2 is 1.91 bits per heavy atom. The van der Waals surface area contributed by atoms with Crippen LogP contribution in [0.2, 0.25) is 0 Å². The number of carbonyl (C=O) groups is 2. The van der Waals surface area contributed by atoms with Crippen LogP contribution in [0.4, 0.5) is 23.9 Å². The Kier molecular flexibility index (Phi) is 7.86. The number of hydrogen-bond acceptors (Lipinski definition) is 6. The fourth-order valence-corrected chi connectivity index (χ4v) is 5.32. The number of aromatic nitrogens is 5. The van der Waals surface area contributed by atoms with Crippen molar-refractivity contribution in [1.29, 1.82) is 0 Å². The number of hydrogen-bond donors (Lipinski definition) is 1. The first kappa shape index (κ1) is 29.6. The number of fused-ring (bicyclic) bond motifs is 1. The van der Waals surface area contributed by atoms with E-state index in [2.05, 4.69) is 15.1 Å². The van der Waals surface area contributed by atoms with Gasteiger partial charge in [-0.1, -0.05) is 0 Å². The number of amides is 2. The van der Waals surface area contributed by atoms with Gasteiger partial charge in [0.25, 0.3) is 5.91 Å². The van der Waals surface area contributed by atoms with Gasteiger partial charge in [-0.3, -0.25) is 19.4 Å². The number of alkyl halides is 3. The molecule has 2 amide bonds. The number of carbonyl (C=O) groups excluding carboxylic acids is 1. The third-order valence-electron chi connectivity index (χ3n) is 7.57. The lowest BCUT2D eigenvalue weighted by molar-refractivity contribution is -0.141. The van der Waals surface area contributed by atoms with E-state index in [1.165, 1.54) is 31.2 Å². The minimum Gasteiger partial charge on any atom is -0.497 e. The highest BCUT2D eigenvalue weighted by atomic mass is 19.4. The zero-order valence-corrected chi connectivity index (χ0v) is 24.0. The molecule has 14 heteroatoms. The Balaban J connectivity index is 1.64. The number of nitrogens with zero attached hydrogens (tertiary/aromatic N) is 7. The SMILES string of the molecule is CCn1cc(-c2cc(Cn3ccnc3N(C)C(=O)O)cc3c2CCN([C@@H](C)c2cc(OC)ccn2)C3=O)c(C(F)(F)F)n1. The first-order chi connectivity index (χ1) is 20.4. The van der Waals surface area contributed by atoms with E-state index in [0.29, 0.717) is 29.0 Å². The van der Waals surface area contributed by atoms with E-state index >= 15 is 0 Å². The van der Waals surface area contributed by atoms with E-state index in [1.54, 1.807) is 53.0 Å². The number of methoxy groups -OCH3 is 1. The molecule has 0 unspecified atom stereocenters. The van der Waals surface area contributed by atoms with E-state index in [1.807, 2.05) is 6.92 Å². The summed E-state index contributed by atoms with van der Waals surface area (Å²) in [4.78, 5) is 36.7. The van der Waals surface area contributed by atoms with Crippen LogP contribution >= 0.6 is 0 Å². The van der Waals surface area contributed by atoms with Crippen LogP contribution in [0.5, 0.6) is 5.75 Å². The molecule has 43 heavy (non-hydrogen) atoms. The molecule has 0 radical (unpaired) electrons. The Bertz CT molecular complexity index is 1680. The molecule has 0 bridgehead atoms. The van der Waals surface area contributed by atoms with Crippen LogP contribution < -0.4 is 9.64 Å². The molecule has 0 aliphatic carbocycles. The van der Waals surface area contributed by atoms with Crippen molar-refractivity contribution in [3.63, 3.8) is 0 Å². The highest BCUT2D eigenvalue weighted by Crippen LogP contribution is 2.41. The molecular weight excluding hydrogens is 567 g/mol. The summed E-state index contributed by atoms with van der Waals surface area (Å²) in [5, 5.41) is 13.3. The second-order valence-corrected chi connectivity index (χ2v) is 10.2. The van der Waals surface area contributed by atoms with Gasteiger partial charge in [0.15, 0.2) is 5.69 Å². The molecule has 1 aliphatic heterocycles. The molecular formula is C29H30F3N7O4. The van der Waals surface area contributed by atoms with Gasteiger partial charge in [0, 0.05) is 62.1 Å². The third-order valence-corrected chi connectivity index (χ3v) is 7.57. The second-order valence-electron chi connectivity index (χ2n) is 10.2. The maximum atomic E-state index is 14.2. The number of aryl methyl sites for hydroxylation is 1. The fourth-order valence-electron chi connectivity index (χ4n) is 5.32. The van der Waals surface area contributed by atoms with Gasteiger partial charge >= 0.3 is 12.3 Å². The zero-order valence-electron chi connectivity index (χ0n) is 24.0. The van der Waals surface area contributed by atoms with Gasteiger partial charge in [0.1, 0.15) is 5.75 Å². The minimum absolute atomic E-state index is 0.0524. The molecule has 1 N–H and O–H groups in total. The number of ether oxygens (including phenoxy) is 1. The van der Waals surface area contributed by atoms with E-state index in [9.17, 15) is 27.9 Å². The second kappa shape index (κ2) is 11.4. The van der Waals surface area contributed by atoms with Gasteiger partial charge in [-0.15, -0.1) is 0 Å². The van der Waals surface area contributed by atoms with E-state index in [0.717, 1.165) is 4.90 Å². The average molecular weight is 598 g/mol. The predicted molar refractivity (Wildman–Crippen MR) is 150 cm³/mol. The van der Waals surface area contributed by atoms with Gasteiger partial charge in [-0.05, 0) is 55.2 Å². The number of rotatable bonds is 8. The lowest BCUT2D eigenvalue weighted by Gasteiger charge is -2.34. The molecule has 3 aromatic heterocycles. The van der Waals surface area contributed by atoms with Crippen molar-refractivity contribution in [2.24, 2.45) is 0 Å². The number of benzene rings is 1. The van der Waals surface area contributed by atoms with Crippen molar-refractivity contribution < 1.29 is 32.6 Å². The maximum absolute atomic E-state index is 14.2. The normalized spacial score (nSPS) is 14.0. The predicted octanol–water partition coefficient (Wildman–Crippen LogP) is 5.11. The molecule has 0 fully saturated rings. The van der Waals surface area contributed by atoms with Gasteiger partial charge in [0.2, 0.25) is 5.95 Å². The summed E-state index contributed by atoms with van der Waals surface area (Å²) in [5.41, 5.74) is 0.955. The Morgan fingerprint density at radius 1 is 1.16 bits per heavy atom. The lowest BCUT2D eigenvalue weighted by Crippen LogP contribution is -2.40. The van der Waals surface area contributed by atoms with E-state index in [4.69, 9.17) is 4.74 Å². The van der Waals surface area contributed by atoms with Crippen LogP contribution in [0, 0.1) is 0 Å². The molecule has 0 saturated carbocycles. The average Bonchev–Trinajstić information content (AvgIpc) is 3.64. The highest BCUT2D eigenvalue weighted by Gasteiger charge is 2.39. The summed E-state index contributed by atoms with van der Waals surface area (Å²) < 4.78 is 50.7. The van der Waals surface area contributed by atoms with Crippen molar-refractivity contribution >= 4 is 17.9 Å². The third kappa shape index (κ3) is 5.64. The minimum atomic E-state index is -4.72. The molecule has 0 saturated heterocycles. The summed E-state index contributed by atoms with van der Waals surface area (Å²) in [6, 6.07) is 6.26. The summed E-state index contributed by atoms with van der Waals surface area (Å²) in [6.45, 7) is 4.07. The van der Waals surface area contributed by atoms with Crippen LogP contribution in [-0.2, 0) is 25.7 Å². The standard InChI is InChI=1S/C29H30F3N7O4/c1-5-38-16-23(25(35-38)29(30,31)32)21-12-18(15-37-11-9-34-27(37)36(3)28(41)42)13-22-20(21)7-10-39(26(22)40)17(2)24-14-19(43-4)6-8-33-24/h6,8-9,11-14,16-17H,5,7,10,15H2,1-4H3,(H,41,42)/t17-/m0/s1.